The highest BCUT2D eigenvalue weighted by atomic mass is 19.4. The van der Waals surface area contributed by atoms with Gasteiger partial charge in [0.25, 0.3) is 0 Å². The first kappa shape index (κ1) is 17.1. The molecule has 1 atom stereocenters. The summed E-state index contributed by atoms with van der Waals surface area (Å²) in [4.78, 5) is 0. The van der Waals surface area contributed by atoms with Gasteiger partial charge in [-0.15, -0.1) is 0 Å². The summed E-state index contributed by atoms with van der Waals surface area (Å²) < 4.78 is 43.9. The maximum Gasteiger partial charge on any atom is 0.416 e. The predicted molar refractivity (Wildman–Crippen MR) is 82.1 cm³/mol. The third-order valence-electron chi connectivity index (χ3n) is 4.11. The first-order valence-electron chi connectivity index (χ1n) is 7.95. The van der Waals surface area contributed by atoms with E-state index in [0.29, 0.717) is 23.7 Å². The highest BCUT2D eigenvalue weighted by Crippen LogP contribution is 2.32. The summed E-state index contributed by atoms with van der Waals surface area (Å²) in [5, 5.41) is 3.14. The molecule has 1 aliphatic heterocycles. The van der Waals surface area contributed by atoms with E-state index < -0.39 is 11.7 Å². The summed E-state index contributed by atoms with van der Waals surface area (Å²) in [5.74, 6) is 0.597. The fraction of sp³-hybridized carbons (Fsp3) is 0.647. The molecule has 1 aromatic rings. The fourth-order valence-electron chi connectivity index (χ4n) is 2.89. The third-order valence-corrected chi connectivity index (χ3v) is 4.11. The Hall–Kier alpha value is -1.23. The molecule has 1 N–H and O–H groups in total. The molecule has 22 heavy (non-hydrogen) atoms. The van der Waals surface area contributed by atoms with Gasteiger partial charge < -0.3 is 10.1 Å². The van der Waals surface area contributed by atoms with Gasteiger partial charge in [-0.1, -0.05) is 12.8 Å². The number of benzene rings is 1. The quantitative estimate of drug-likeness (QED) is 0.842. The number of ether oxygens (including phenoxy) is 1. The Balaban J connectivity index is 1.87. The number of rotatable bonds is 4. The van der Waals surface area contributed by atoms with Crippen LogP contribution in [0.2, 0.25) is 0 Å². The molecular formula is C17H24F3NO. The molecule has 1 saturated heterocycles. The molecule has 2 rings (SSSR count). The molecule has 2 nitrogen and oxygen atoms in total. The molecule has 1 aromatic carbocycles. The smallest absolute Gasteiger partial charge is 0.385 e. The predicted octanol–water partition coefficient (Wildman–Crippen LogP) is 5.02. The summed E-state index contributed by atoms with van der Waals surface area (Å²) in [6.07, 6.45) is 1.19. The number of anilines is 1. The van der Waals surface area contributed by atoms with E-state index in [1.165, 1.54) is 25.0 Å². The van der Waals surface area contributed by atoms with Crippen molar-refractivity contribution in [1.29, 1.82) is 0 Å². The van der Waals surface area contributed by atoms with E-state index >= 15 is 0 Å². The van der Waals surface area contributed by atoms with Crippen LogP contribution in [0.5, 0.6) is 0 Å². The van der Waals surface area contributed by atoms with Gasteiger partial charge in [-0.25, -0.2) is 0 Å². The molecule has 0 saturated carbocycles. The zero-order valence-electron chi connectivity index (χ0n) is 13.0. The molecule has 0 spiro atoms. The summed E-state index contributed by atoms with van der Waals surface area (Å²) in [6, 6.07) is 4.13. The topological polar surface area (TPSA) is 21.3 Å². The molecular weight excluding hydrogens is 291 g/mol. The van der Waals surface area contributed by atoms with Crippen LogP contribution in [0, 0.1) is 12.8 Å². The second-order valence-corrected chi connectivity index (χ2v) is 6.06. The molecule has 0 aromatic heterocycles. The van der Waals surface area contributed by atoms with Crippen LogP contribution in [0.15, 0.2) is 18.2 Å². The van der Waals surface area contributed by atoms with Gasteiger partial charge in [0.15, 0.2) is 0 Å². The highest BCUT2D eigenvalue weighted by molar-refractivity contribution is 5.49. The van der Waals surface area contributed by atoms with Gasteiger partial charge in [-0.3, -0.25) is 0 Å². The van der Waals surface area contributed by atoms with Crippen molar-refractivity contribution in [3.8, 4) is 0 Å². The average molecular weight is 315 g/mol. The second-order valence-electron chi connectivity index (χ2n) is 6.06. The van der Waals surface area contributed by atoms with E-state index in [4.69, 9.17) is 4.74 Å². The van der Waals surface area contributed by atoms with E-state index in [-0.39, 0.29) is 0 Å². The first-order chi connectivity index (χ1) is 10.4. The molecule has 1 aliphatic rings. The number of hydrogen-bond acceptors (Lipinski definition) is 2. The molecule has 0 radical (unpaired) electrons. The van der Waals surface area contributed by atoms with Gasteiger partial charge in [-0.2, -0.15) is 13.2 Å². The normalized spacial score (nSPS) is 20.3. The van der Waals surface area contributed by atoms with Crippen LogP contribution >= 0.6 is 0 Å². The molecule has 5 heteroatoms. The van der Waals surface area contributed by atoms with Crippen molar-refractivity contribution in [1.82, 2.24) is 0 Å². The van der Waals surface area contributed by atoms with E-state index in [1.54, 1.807) is 13.0 Å². The first-order valence-corrected chi connectivity index (χ1v) is 7.95. The molecule has 1 heterocycles. The van der Waals surface area contributed by atoms with Crippen LogP contribution in [-0.4, -0.2) is 19.8 Å². The van der Waals surface area contributed by atoms with E-state index in [1.807, 2.05) is 0 Å². The molecule has 1 unspecified atom stereocenters. The van der Waals surface area contributed by atoms with E-state index in [2.05, 4.69) is 5.32 Å². The van der Waals surface area contributed by atoms with Crippen LogP contribution < -0.4 is 5.32 Å². The Morgan fingerprint density at radius 1 is 1.14 bits per heavy atom. The molecule has 0 amide bonds. The summed E-state index contributed by atoms with van der Waals surface area (Å²) in [7, 11) is 0. The van der Waals surface area contributed by atoms with Crippen molar-refractivity contribution in [3.05, 3.63) is 29.3 Å². The van der Waals surface area contributed by atoms with Crippen LogP contribution in [-0.2, 0) is 10.9 Å². The Bertz CT molecular complexity index is 465. The lowest BCUT2D eigenvalue weighted by molar-refractivity contribution is -0.137. The minimum atomic E-state index is -4.29. The van der Waals surface area contributed by atoms with Crippen LogP contribution in [0.3, 0.4) is 0 Å². The lowest BCUT2D eigenvalue weighted by Gasteiger charge is -2.20. The molecule has 124 valence electrons. The Morgan fingerprint density at radius 3 is 2.73 bits per heavy atom. The number of aryl methyl sites for hydroxylation is 1. The molecule has 0 bridgehead atoms. The van der Waals surface area contributed by atoms with Crippen molar-refractivity contribution < 1.29 is 17.9 Å². The number of alkyl halides is 3. The maximum absolute atomic E-state index is 12.8. The van der Waals surface area contributed by atoms with Crippen LogP contribution in [0.1, 0.15) is 43.2 Å². The van der Waals surface area contributed by atoms with Gasteiger partial charge in [0.1, 0.15) is 0 Å². The minimum Gasteiger partial charge on any atom is -0.385 e. The fourth-order valence-corrected chi connectivity index (χ4v) is 2.89. The van der Waals surface area contributed by atoms with Gasteiger partial charge in [0.2, 0.25) is 0 Å². The molecule has 0 aliphatic carbocycles. The third kappa shape index (κ3) is 5.52. The second kappa shape index (κ2) is 7.86. The Kier molecular flexibility index (Phi) is 6.12. The number of hydrogen-bond donors (Lipinski definition) is 1. The SMILES string of the molecule is Cc1cc(NCCC2CCCCOCC2)cc(C(F)(F)F)c1. The Labute approximate surface area is 130 Å². The summed E-state index contributed by atoms with van der Waals surface area (Å²) in [5.41, 5.74) is 0.584. The standard InChI is InChI=1S/C17H24F3NO/c1-13-10-15(17(18,19)20)12-16(11-13)21-7-5-14-4-2-3-8-22-9-6-14/h10-12,14,21H,2-9H2,1H3. The van der Waals surface area contributed by atoms with Gasteiger partial charge in [0.05, 0.1) is 5.56 Å². The monoisotopic (exact) mass is 315 g/mol. The molecule has 1 fully saturated rings. The maximum atomic E-state index is 12.8. The number of nitrogens with one attached hydrogen (secondary N) is 1. The largest absolute Gasteiger partial charge is 0.416 e. The summed E-state index contributed by atoms with van der Waals surface area (Å²) in [6.45, 7) is 4.04. The van der Waals surface area contributed by atoms with Crippen LogP contribution in [0.4, 0.5) is 18.9 Å². The van der Waals surface area contributed by atoms with Crippen molar-refractivity contribution in [3.63, 3.8) is 0 Å². The van der Waals surface area contributed by atoms with Gasteiger partial charge >= 0.3 is 6.18 Å². The van der Waals surface area contributed by atoms with Crippen molar-refractivity contribution in [2.45, 2.75) is 45.2 Å². The zero-order valence-corrected chi connectivity index (χ0v) is 13.0. The Morgan fingerprint density at radius 2 is 1.95 bits per heavy atom. The minimum absolute atomic E-state index is 0.550. The van der Waals surface area contributed by atoms with Gasteiger partial charge in [0, 0.05) is 25.4 Å². The van der Waals surface area contributed by atoms with Gasteiger partial charge in [-0.05, 0) is 55.9 Å². The number of halogens is 3. The van der Waals surface area contributed by atoms with E-state index in [0.717, 1.165) is 32.5 Å². The van der Waals surface area contributed by atoms with Crippen molar-refractivity contribution in [2.75, 3.05) is 25.1 Å². The van der Waals surface area contributed by atoms with E-state index in [9.17, 15) is 13.2 Å². The average Bonchev–Trinajstić information content (AvgIpc) is 2.39. The van der Waals surface area contributed by atoms with Crippen molar-refractivity contribution in [2.24, 2.45) is 5.92 Å². The highest BCUT2D eigenvalue weighted by Gasteiger charge is 2.30. The van der Waals surface area contributed by atoms with Crippen molar-refractivity contribution >= 4 is 5.69 Å². The summed E-state index contributed by atoms with van der Waals surface area (Å²) >= 11 is 0. The van der Waals surface area contributed by atoms with Crippen LogP contribution in [0.25, 0.3) is 0 Å². The zero-order chi connectivity index (χ0) is 16.0. The lowest BCUT2D eigenvalue weighted by atomic mass is 9.94. The lowest BCUT2D eigenvalue weighted by Crippen LogP contribution is -2.15.